The topological polar surface area (TPSA) is 235 Å². The fourth-order valence-electron chi connectivity index (χ4n) is 4.19. The van der Waals surface area contributed by atoms with Gasteiger partial charge in [0.2, 0.25) is 0 Å². The van der Waals surface area contributed by atoms with Gasteiger partial charge in [-0.3, -0.25) is 16.5 Å². The number of aliphatic hydroxyl groups excluding tert-OH is 3. The first kappa shape index (κ1) is 36.1. The van der Waals surface area contributed by atoms with Gasteiger partial charge in [-0.1, -0.05) is 36.4 Å². The third-order valence-corrected chi connectivity index (χ3v) is 7.59. The van der Waals surface area contributed by atoms with Crippen LogP contribution in [0.4, 0.5) is 4.39 Å². The summed E-state index contributed by atoms with van der Waals surface area (Å²) in [6.07, 6.45) is 8.05. The number of carbonyl (C=O) groups excluding carboxylic acids is 2. The number of carbonyl (C=O) groups is 2. The number of guanidine groups is 1. The van der Waals surface area contributed by atoms with E-state index in [0.717, 1.165) is 0 Å². The Bertz CT molecular complexity index is 1020. The minimum Gasteiger partial charge on any atom is -0.550 e. The lowest BCUT2D eigenvalue weighted by Gasteiger charge is -2.19. The zero-order valence-corrected chi connectivity index (χ0v) is 23.9. The summed E-state index contributed by atoms with van der Waals surface area (Å²) >= 11 is 1.22. The average Bonchev–Trinajstić information content (AvgIpc) is 3.18. The number of quaternary nitrogens is 1. The van der Waals surface area contributed by atoms with E-state index in [1.807, 2.05) is 12.2 Å². The molecule has 1 aromatic carbocycles. The number of nitrogens with two attached hydrogens (primary N) is 2. The Morgan fingerprint density at radius 3 is 2.51 bits per heavy atom. The first-order chi connectivity index (χ1) is 19.4. The van der Waals surface area contributed by atoms with Gasteiger partial charge in [-0.25, -0.2) is 4.39 Å². The molecule has 1 aliphatic carbocycles. The van der Waals surface area contributed by atoms with Gasteiger partial charge in [-0.2, -0.15) is 0 Å². The third kappa shape index (κ3) is 15.6. The molecule has 11 N–H and O–H groups in total. The van der Waals surface area contributed by atoms with Gasteiger partial charge in [0.1, 0.15) is 11.9 Å². The summed E-state index contributed by atoms with van der Waals surface area (Å²) in [7, 11) is 0. The van der Waals surface area contributed by atoms with Crippen LogP contribution in [0.3, 0.4) is 0 Å². The van der Waals surface area contributed by atoms with E-state index in [1.54, 1.807) is 30.4 Å². The number of benzene rings is 1. The number of halogens is 1. The zero-order valence-electron chi connectivity index (χ0n) is 23.1. The number of rotatable bonds is 16. The van der Waals surface area contributed by atoms with Crippen LogP contribution in [0, 0.1) is 17.7 Å². The minimum atomic E-state index is -1.13. The van der Waals surface area contributed by atoms with Gasteiger partial charge in [0, 0.05) is 35.4 Å². The molecule has 0 radical (unpaired) electrons. The second-order valence-corrected chi connectivity index (χ2v) is 10.9. The van der Waals surface area contributed by atoms with Crippen LogP contribution >= 0.6 is 11.8 Å². The summed E-state index contributed by atoms with van der Waals surface area (Å²) in [5.41, 5.74) is 13.6. The van der Waals surface area contributed by atoms with Gasteiger partial charge in [0.05, 0.1) is 30.8 Å². The number of aliphatic hydroxyl groups is 3. The molecule has 0 spiro atoms. The molecule has 0 heterocycles. The van der Waals surface area contributed by atoms with Gasteiger partial charge in [-0.05, 0) is 50.2 Å². The van der Waals surface area contributed by atoms with Crippen molar-refractivity contribution in [1.82, 2.24) is 0 Å². The number of allylic oxidation sites excluding steroid dienone is 2. The predicted octanol–water partition coefficient (Wildman–Crippen LogP) is -3.46. The molecule has 0 saturated heterocycles. The summed E-state index contributed by atoms with van der Waals surface area (Å²) in [5, 5.41) is 51.2. The second kappa shape index (κ2) is 20.0. The van der Waals surface area contributed by atoms with E-state index in [4.69, 9.17) is 11.5 Å². The van der Waals surface area contributed by atoms with E-state index >= 15 is 0 Å². The maximum absolute atomic E-state index is 13.6. The van der Waals surface area contributed by atoms with E-state index < -0.39 is 36.3 Å². The number of unbranched alkanes of at least 4 members (excludes halogenated alkanes) is 1. The summed E-state index contributed by atoms with van der Waals surface area (Å²) < 4.78 is 13.6. The normalized spacial score (nSPS) is 21.8. The number of hydrogen-bond donors (Lipinski definition) is 7. The van der Waals surface area contributed by atoms with Crippen molar-refractivity contribution in [2.24, 2.45) is 23.3 Å². The summed E-state index contributed by atoms with van der Waals surface area (Å²) in [6.45, 7) is 0.557. The molecule has 2 rings (SSSR count). The summed E-state index contributed by atoms with van der Waals surface area (Å²) in [6, 6.07) is 5.72. The van der Waals surface area contributed by atoms with Gasteiger partial charge in [0.25, 0.3) is 0 Å². The number of nitrogens with one attached hydrogen (secondary N) is 1. The SMILES string of the molecule is NC(N)=[NH+]CCC[C@H]([NH3+])C(=O)[O-].O=C([O-])CCC/C=C\CC1C(/C=C/[C@@H](O)CSc2ccccc2F)[C@H](O)C[C@@H]1O. The van der Waals surface area contributed by atoms with Crippen molar-refractivity contribution < 1.29 is 50.2 Å². The highest BCUT2D eigenvalue weighted by Crippen LogP contribution is 2.36. The van der Waals surface area contributed by atoms with Gasteiger partial charge >= 0.3 is 5.96 Å². The smallest absolute Gasteiger partial charge is 0.338 e. The van der Waals surface area contributed by atoms with Crippen molar-refractivity contribution in [3.05, 3.63) is 54.4 Å². The Balaban J connectivity index is 0.000000590. The van der Waals surface area contributed by atoms with E-state index in [2.05, 4.69) is 10.7 Å². The van der Waals surface area contributed by atoms with Crippen molar-refractivity contribution >= 4 is 29.7 Å². The highest BCUT2D eigenvalue weighted by atomic mass is 32.2. The highest BCUT2D eigenvalue weighted by molar-refractivity contribution is 7.99. The molecule has 41 heavy (non-hydrogen) atoms. The van der Waals surface area contributed by atoms with Crippen LogP contribution in [0.2, 0.25) is 0 Å². The summed E-state index contributed by atoms with van der Waals surface area (Å²) in [4.78, 5) is 23.7. The molecule has 1 saturated carbocycles. The van der Waals surface area contributed by atoms with Crippen LogP contribution in [0.5, 0.6) is 0 Å². The molecule has 230 valence electrons. The second-order valence-electron chi connectivity index (χ2n) is 9.82. The zero-order chi connectivity index (χ0) is 30.8. The lowest BCUT2D eigenvalue weighted by Crippen LogP contribution is -2.78. The van der Waals surface area contributed by atoms with E-state index in [1.165, 1.54) is 17.8 Å². The molecule has 0 aromatic heterocycles. The summed E-state index contributed by atoms with van der Waals surface area (Å²) in [5.74, 6) is -2.55. The molecule has 2 unspecified atom stereocenters. The third-order valence-electron chi connectivity index (χ3n) is 6.44. The van der Waals surface area contributed by atoms with Gasteiger partial charge in [-0.15, -0.1) is 11.8 Å². The first-order valence-electron chi connectivity index (χ1n) is 13.5. The monoisotopic (exact) mass is 598 g/mol. The molecule has 0 aliphatic heterocycles. The molecule has 11 nitrogen and oxygen atoms in total. The molecule has 1 aromatic rings. The number of carboxylic acid groups (broad SMARTS) is 2. The van der Waals surface area contributed by atoms with Crippen molar-refractivity contribution in [2.45, 2.75) is 74.2 Å². The van der Waals surface area contributed by atoms with Crippen molar-refractivity contribution in [1.29, 1.82) is 0 Å². The first-order valence-corrected chi connectivity index (χ1v) is 14.5. The van der Waals surface area contributed by atoms with Crippen molar-refractivity contribution in [2.75, 3.05) is 12.3 Å². The van der Waals surface area contributed by atoms with Crippen LogP contribution < -0.4 is 32.4 Å². The predicted molar refractivity (Wildman–Crippen MR) is 149 cm³/mol. The Morgan fingerprint density at radius 1 is 1.17 bits per heavy atom. The number of carboxylic acids is 2. The van der Waals surface area contributed by atoms with Gasteiger partial charge in [0.15, 0.2) is 0 Å². The molecule has 0 bridgehead atoms. The van der Waals surface area contributed by atoms with Crippen LogP contribution in [0.1, 0.15) is 44.9 Å². The van der Waals surface area contributed by atoms with Gasteiger partial charge < -0.3 is 40.9 Å². The number of hydrogen-bond acceptors (Lipinski definition) is 8. The molecule has 0 amide bonds. The fourth-order valence-corrected chi connectivity index (χ4v) is 5.03. The number of thioether (sulfide) groups is 1. The van der Waals surface area contributed by atoms with Crippen molar-refractivity contribution in [3.8, 4) is 0 Å². The van der Waals surface area contributed by atoms with E-state index in [-0.39, 0.29) is 42.2 Å². The quantitative estimate of drug-likeness (QED) is 0.0326. The molecular formula is C28H43FN4O7S. The Kier molecular flexibility index (Phi) is 17.6. The van der Waals surface area contributed by atoms with Crippen LogP contribution in [-0.2, 0) is 9.59 Å². The maximum Gasteiger partial charge on any atom is 0.338 e. The average molecular weight is 599 g/mol. The molecule has 1 fully saturated rings. The molecule has 1 aliphatic rings. The largest absolute Gasteiger partial charge is 0.550 e. The molecular weight excluding hydrogens is 555 g/mol. The molecule has 13 heteroatoms. The minimum absolute atomic E-state index is 0.0171. The van der Waals surface area contributed by atoms with E-state index in [9.17, 15) is 39.5 Å². The lowest BCUT2D eigenvalue weighted by molar-refractivity contribution is -0.466. The van der Waals surface area contributed by atoms with Crippen LogP contribution in [-0.4, -0.2) is 69.9 Å². The fraction of sp³-hybridized carbons (Fsp3) is 0.536. The van der Waals surface area contributed by atoms with Crippen LogP contribution in [0.25, 0.3) is 0 Å². The number of aliphatic carboxylic acids is 2. The maximum atomic E-state index is 13.6. The van der Waals surface area contributed by atoms with Crippen molar-refractivity contribution in [3.63, 3.8) is 0 Å². The molecule has 6 atom stereocenters. The van der Waals surface area contributed by atoms with Crippen LogP contribution in [0.15, 0.2) is 53.5 Å². The standard InChI is InChI=1S/C22H29FO5S.C6H14N4O2/c23-18-8-5-6-9-21(18)29-14-15(24)11-12-17-16(19(25)13-20(17)26)7-3-1-2-4-10-22(27)28;7-4(5(11)12)2-1-3-10-6(8)9/h1,3,5-6,8-9,11-12,15-17,19-20,24-26H,2,4,7,10,13-14H2,(H,27,28);4H,1-3,7H2,(H,11,12)(H4,8,9,10)/b3-1-,12-11+;/t15-,16?,17?,19+,20-;4-/m10/s1. The highest BCUT2D eigenvalue weighted by Gasteiger charge is 2.39. The Labute approximate surface area is 244 Å². The Hall–Kier alpha value is -2.97. The Morgan fingerprint density at radius 2 is 1.88 bits per heavy atom. The van der Waals surface area contributed by atoms with E-state index in [0.29, 0.717) is 43.5 Å². The lowest BCUT2D eigenvalue weighted by atomic mass is 9.89.